The van der Waals surface area contributed by atoms with Gasteiger partial charge in [-0.05, 0) is 17.9 Å². The first-order valence-corrected chi connectivity index (χ1v) is 9.15. The minimum atomic E-state index is -0.415. The minimum Gasteiger partial charge on any atom is -0.349 e. The van der Waals surface area contributed by atoms with Crippen molar-refractivity contribution < 1.29 is 9.59 Å². The number of amides is 2. The van der Waals surface area contributed by atoms with Gasteiger partial charge in [-0.15, -0.1) is 11.3 Å². The van der Waals surface area contributed by atoms with Crippen molar-refractivity contribution >= 4 is 23.2 Å². The molecule has 3 heterocycles. The molecule has 24 heavy (non-hydrogen) atoms. The molecule has 0 fully saturated rings. The molecule has 1 N–H and O–H groups in total. The van der Waals surface area contributed by atoms with Crippen LogP contribution in [0.3, 0.4) is 0 Å². The summed E-state index contributed by atoms with van der Waals surface area (Å²) in [6.45, 7) is 3.51. The molecule has 128 valence electrons. The number of aromatic nitrogens is 2. The molecule has 0 aliphatic carbocycles. The maximum Gasteiger partial charge on any atom is 0.245 e. The molecule has 0 spiro atoms. The Morgan fingerprint density at radius 1 is 1.46 bits per heavy atom. The predicted molar refractivity (Wildman–Crippen MR) is 92.4 cm³/mol. The van der Waals surface area contributed by atoms with Crippen LogP contribution in [-0.2, 0) is 22.7 Å². The number of nitrogens with zero attached hydrogens (tertiary/aromatic N) is 3. The van der Waals surface area contributed by atoms with Crippen LogP contribution in [-0.4, -0.2) is 32.8 Å². The van der Waals surface area contributed by atoms with Crippen LogP contribution >= 0.6 is 11.3 Å². The fourth-order valence-corrected chi connectivity index (χ4v) is 3.53. The summed E-state index contributed by atoms with van der Waals surface area (Å²) in [6.07, 6.45) is 5.82. The molecule has 0 radical (unpaired) electrons. The Morgan fingerprint density at radius 3 is 3.08 bits per heavy atom. The molecule has 2 aromatic rings. The average Bonchev–Trinajstić information content (AvgIpc) is 3.27. The number of imidazole rings is 1. The van der Waals surface area contributed by atoms with Gasteiger partial charge in [0, 0.05) is 17.5 Å². The number of fused-ring (bicyclic) bond motifs is 1. The number of nitrogens with one attached hydrogen (secondary N) is 1. The Hall–Kier alpha value is -2.15. The normalized spacial score (nSPS) is 16.7. The van der Waals surface area contributed by atoms with Gasteiger partial charge in [0.2, 0.25) is 11.8 Å². The molecule has 0 saturated heterocycles. The SMILES string of the molecule is CCCCC(=O)N1Cc2cncn2[C@H](C(=O)NCc2cccs2)C1. The van der Waals surface area contributed by atoms with Crippen molar-refractivity contribution in [1.82, 2.24) is 19.8 Å². The van der Waals surface area contributed by atoms with E-state index >= 15 is 0 Å². The molecule has 1 aliphatic heterocycles. The number of carbonyl (C=O) groups is 2. The molecular formula is C17H22N4O2S. The van der Waals surface area contributed by atoms with E-state index in [1.165, 1.54) is 0 Å². The number of rotatable bonds is 6. The lowest BCUT2D eigenvalue weighted by Gasteiger charge is -2.33. The highest BCUT2D eigenvalue weighted by molar-refractivity contribution is 7.09. The summed E-state index contributed by atoms with van der Waals surface area (Å²) in [5.41, 5.74) is 0.905. The van der Waals surface area contributed by atoms with Gasteiger partial charge in [-0.25, -0.2) is 4.98 Å². The molecule has 1 atom stereocenters. The molecule has 3 rings (SSSR count). The van der Waals surface area contributed by atoms with Gasteiger partial charge in [0.15, 0.2) is 0 Å². The Kier molecular flexibility index (Phi) is 5.30. The highest BCUT2D eigenvalue weighted by Crippen LogP contribution is 2.22. The van der Waals surface area contributed by atoms with Crippen LogP contribution in [0.2, 0.25) is 0 Å². The van der Waals surface area contributed by atoms with E-state index in [2.05, 4.69) is 17.2 Å². The van der Waals surface area contributed by atoms with Gasteiger partial charge in [-0.1, -0.05) is 19.4 Å². The standard InChI is InChI=1S/C17H22N4O2S/c1-2-3-6-16(22)20-10-13-8-18-12-21(13)15(11-20)17(23)19-9-14-5-4-7-24-14/h4-5,7-8,12,15H,2-3,6,9-11H2,1H3,(H,19,23)/t15-/m0/s1. The highest BCUT2D eigenvalue weighted by atomic mass is 32.1. The van der Waals surface area contributed by atoms with Crippen molar-refractivity contribution in [2.45, 2.75) is 45.3 Å². The second-order valence-electron chi connectivity index (χ2n) is 5.98. The average molecular weight is 346 g/mol. The first-order chi connectivity index (χ1) is 11.7. The summed E-state index contributed by atoms with van der Waals surface area (Å²) in [6, 6.07) is 3.55. The van der Waals surface area contributed by atoms with Crippen molar-refractivity contribution in [3.8, 4) is 0 Å². The molecule has 1 aliphatic rings. The third kappa shape index (κ3) is 3.67. The first kappa shape index (κ1) is 16.7. The molecule has 6 nitrogen and oxygen atoms in total. The van der Waals surface area contributed by atoms with E-state index in [4.69, 9.17) is 0 Å². The van der Waals surface area contributed by atoms with Crippen LogP contribution in [0.15, 0.2) is 30.0 Å². The molecular weight excluding hydrogens is 324 g/mol. The number of carbonyl (C=O) groups excluding carboxylic acids is 2. The van der Waals surface area contributed by atoms with Gasteiger partial charge >= 0.3 is 0 Å². The third-order valence-corrected chi connectivity index (χ3v) is 5.12. The van der Waals surface area contributed by atoms with Gasteiger partial charge in [0.25, 0.3) is 0 Å². The fraction of sp³-hybridized carbons (Fsp3) is 0.471. The molecule has 2 amide bonds. The van der Waals surface area contributed by atoms with E-state index < -0.39 is 6.04 Å². The van der Waals surface area contributed by atoms with Crippen molar-refractivity contribution in [1.29, 1.82) is 0 Å². The second kappa shape index (κ2) is 7.61. The maximum absolute atomic E-state index is 12.6. The van der Waals surface area contributed by atoms with Crippen LogP contribution in [0, 0.1) is 0 Å². The Balaban J connectivity index is 1.69. The van der Waals surface area contributed by atoms with E-state index in [0.717, 1.165) is 23.4 Å². The van der Waals surface area contributed by atoms with Gasteiger partial charge in [0.05, 0.1) is 31.7 Å². The van der Waals surface area contributed by atoms with E-state index in [-0.39, 0.29) is 11.8 Å². The van der Waals surface area contributed by atoms with Crippen molar-refractivity contribution in [3.63, 3.8) is 0 Å². The summed E-state index contributed by atoms with van der Waals surface area (Å²) in [7, 11) is 0. The van der Waals surface area contributed by atoms with Crippen LogP contribution < -0.4 is 5.32 Å². The molecule has 2 aromatic heterocycles. The summed E-state index contributed by atoms with van der Waals surface area (Å²) in [5.74, 6) is 0.0380. The van der Waals surface area contributed by atoms with Crippen molar-refractivity contribution in [2.24, 2.45) is 0 Å². The van der Waals surface area contributed by atoms with Crippen molar-refractivity contribution in [3.05, 3.63) is 40.6 Å². The second-order valence-corrected chi connectivity index (χ2v) is 7.02. The van der Waals surface area contributed by atoms with E-state index in [0.29, 0.717) is 26.1 Å². The molecule has 0 unspecified atom stereocenters. The van der Waals surface area contributed by atoms with Gasteiger partial charge < -0.3 is 14.8 Å². The minimum absolute atomic E-state index is 0.0735. The maximum atomic E-state index is 12.6. The van der Waals surface area contributed by atoms with Gasteiger partial charge in [0.1, 0.15) is 6.04 Å². The Bertz CT molecular complexity index is 695. The Morgan fingerprint density at radius 2 is 2.33 bits per heavy atom. The first-order valence-electron chi connectivity index (χ1n) is 8.27. The summed E-state index contributed by atoms with van der Waals surface area (Å²) in [4.78, 5) is 32.1. The van der Waals surface area contributed by atoms with E-state index in [1.807, 2.05) is 22.1 Å². The number of thiophene rings is 1. The smallest absolute Gasteiger partial charge is 0.245 e. The molecule has 0 bridgehead atoms. The van der Waals surface area contributed by atoms with Crippen LogP contribution in [0.4, 0.5) is 0 Å². The van der Waals surface area contributed by atoms with E-state index in [1.54, 1.807) is 28.8 Å². The lowest BCUT2D eigenvalue weighted by molar-refractivity contribution is -0.135. The largest absolute Gasteiger partial charge is 0.349 e. The van der Waals surface area contributed by atoms with Gasteiger partial charge in [-0.2, -0.15) is 0 Å². The third-order valence-electron chi connectivity index (χ3n) is 4.24. The number of hydrogen-bond acceptors (Lipinski definition) is 4. The number of hydrogen-bond donors (Lipinski definition) is 1. The quantitative estimate of drug-likeness (QED) is 0.873. The van der Waals surface area contributed by atoms with Crippen LogP contribution in [0.5, 0.6) is 0 Å². The summed E-state index contributed by atoms with van der Waals surface area (Å²) < 4.78 is 1.88. The lowest BCUT2D eigenvalue weighted by Crippen LogP contribution is -2.46. The predicted octanol–water partition coefficient (Wildman–Crippen LogP) is 2.33. The summed E-state index contributed by atoms with van der Waals surface area (Å²) >= 11 is 1.61. The van der Waals surface area contributed by atoms with Crippen LogP contribution in [0.25, 0.3) is 0 Å². The molecule has 0 aromatic carbocycles. The summed E-state index contributed by atoms with van der Waals surface area (Å²) in [5, 5.41) is 4.96. The number of unbranched alkanes of at least 4 members (excludes halogenated alkanes) is 1. The molecule has 0 saturated carbocycles. The fourth-order valence-electron chi connectivity index (χ4n) is 2.88. The lowest BCUT2D eigenvalue weighted by atomic mass is 10.1. The van der Waals surface area contributed by atoms with Crippen LogP contribution in [0.1, 0.15) is 42.8 Å². The van der Waals surface area contributed by atoms with Gasteiger partial charge in [-0.3, -0.25) is 9.59 Å². The Labute approximate surface area is 145 Å². The molecule has 7 heteroatoms. The highest BCUT2D eigenvalue weighted by Gasteiger charge is 2.32. The zero-order valence-electron chi connectivity index (χ0n) is 13.8. The zero-order chi connectivity index (χ0) is 16.9. The van der Waals surface area contributed by atoms with E-state index in [9.17, 15) is 9.59 Å². The van der Waals surface area contributed by atoms with Crippen molar-refractivity contribution in [2.75, 3.05) is 6.54 Å². The monoisotopic (exact) mass is 346 g/mol. The zero-order valence-corrected chi connectivity index (χ0v) is 14.6. The topological polar surface area (TPSA) is 67.2 Å².